The summed E-state index contributed by atoms with van der Waals surface area (Å²) in [5.41, 5.74) is 0.0356. The Kier molecular flexibility index (Phi) is 6.02. The molecule has 0 fully saturated rings. The molecule has 0 aliphatic carbocycles. The Hall–Kier alpha value is -1.76. The number of aliphatic hydroxyl groups excluding tert-OH is 1. The van der Waals surface area contributed by atoms with Gasteiger partial charge in [-0.3, -0.25) is 4.79 Å². The standard InChI is InChI=1S/C14H18F3NO3/c1-9(2)6-11(19)8-18-13(20)10-4-3-5-12(7-10)21-14(15,16)17/h3-5,7,9,11,19H,6,8H2,1-2H3,(H,18,20). The molecule has 1 unspecified atom stereocenters. The molecule has 0 spiro atoms. The molecule has 0 aliphatic rings. The van der Waals surface area contributed by atoms with Crippen molar-refractivity contribution in [3.05, 3.63) is 29.8 Å². The SMILES string of the molecule is CC(C)CC(O)CNC(=O)c1cccc(OC(F)(F)F)c1. The summed E-state index contributed by atoms with van der Waals surface area (Å²) < 4.78 is 40.0. The van der Waals surface area contributed by atoms with Crippen molar-refractivity contribution in [1.29, 1.82) is 0 Å². The molecule has 0 aromatic heterocycles. The van der Waals surface area contributed by atoms with Crippen molar-refractivity contribution >= 4 is 5.91 Å². The number of nitrogens with one attached hydrogen (secondary N) is 1. The van der Waals surface area contributed by atoms with E-state index in [2.05, 4.69) is 10.1 Å². The van der Waals surface area contributed by atoms with Gasteiger partial charge in [0.15, 0.2) is 0 Å². The third kappa shape index (κ3) is 6.99. The summed E-state index contributed by atoms with van der Waals surface area (Å²) >= 11 is 0. The van der Waals surface area contributed by atoms with Crippen LogP contribution < -0.4 is 10.1 Å². The van der Waals surface area contributed by atoms with E-state index < -0.39 is 24.1 Å². The van der Waals surface area contributed by atoms with Gasteiger partial charge in [0.25, 0.3) is 5.91 Å². The highest BCUT2D eigenvalue weighted by molar-refractivity contribution is 5.94. The molecule has 1 aromatic rings. The minimum absolute atomic E-state index is 0.0356. The van der Waals surface area contributed by atoms with E-state index in [1.165, 1.54) is 12.1 Å². The van der Waals surface area contributed by atoms with E-state index in [1.807, 2.05) is 13.8 Å². The highest BCUT2D eigenvalue weighted by Gasteiger charge is 2.31. The zero-order valence-corrected chi connectivity index (χ0v) is 11.8. The predicted octanol–water partition coefficient (Wildman–Crippen LogP) is 2.72. The fraction of sp³-hybridized carbons (Fsp3) is 0.500. The number of aliphatic hydroxyl groups is 1. The van der Waals surface area contributed by atoms with Crippen molar-refractivity contribution in [2.24, 2.45) is 5.92 Å². The van der Waals surface area contributed by atoms with Gasteiger partial charge in [-0.1, -0.05) is 19.9 Å². The average molecular weight is 305 g/mol. The quantitative estimate of drug-likeness (QED) is 0.849. The Morgan fingerprint density at radius 2 is 2.05 bits per heavy atom. The van der Waals surface area contributed by atoms with E-state index in [9.17, 15) is 23.1 Å². The first-order chi connectivity index (χ1) is 9.67. The lowest BCUT2D eigenvalue weighted by Crippen LogP contribution is -2.32. The van der Waals surface area contributed by atoms with Crippen LogP contribution in [0.4, 0.5) is 13.2 Å². The third-order valence-corrected chi connectivity index (χ3v) is 2.57. The zero-order valence-electron chi connectivity index (χ0n) is 11.8. The molecule has 7 heteroatoms. The molecule has 1 rings (SSSR count). The highest BCUT2D eigenvalue weighted by atomic mass is 19.4. The molecule has 0 saturated carbocycles. The summed E-state index contributed by atoms with van der Waals surface area (Å²) in [6.07, 6.45) is -4.97. The number of hydrogen-bond acceptors (Lipinski definition) is 3. The summed E-state index contributed by atoms with van der Waals surface area (Å²) in [6, 6.07) is 4.77. The molecule has 2 N–H and O–H groups in total. The Morgan fingerprint density at radius 1 is 1.38 bits per heavy atom. The lowest BCUT2D eigenvalue weighted by atomic mass is 10.1. The maximum Gasteiger partial charge on any atom is 0.573 e. The minimum Gasteiger partial charge on any atom is -0.406 e. The first kappa shape index (κ1) is 17.3. The number of halogens is 3. The third-order valence-electron chi connectivity index (χ3n) is 2.57. The predicted molar refractivity (Wildman–Crippen MR) is 70.9 cm³/mol. The van der Waals surface area contributed by atoms with Gasteiger partial charge >= 0.3 is 6.36 Å². The number of carbonyl (C=O) groups excluding carboxylic acids is 1. The fourth-order valence-corrected chi connectivity index (χ4v) is 1.77. The van der Waals surface area contributed by atoms with Crippen molar-refractivity contribution in [2.45, 2.75) is 32.7 Å². The maximum absolute atomic E-state index is 12.1. The number of benzene rings is 1. The molecular weight excluding hydrogens is 287 g/mol. The molecule has 0 saturated heterocycles. The van der Waals surface area contributed by atoms with Crippen LogP contribution in [0.15, 0.2) is 24.3 Å². The Labute approximate surface area is 120 Å². The summed E-state index contributed by atoms with van der Waals surface area (Å²) in [6.45, 7) is 3.91. The van der Waals surface area contributed by atoms with Gasteiger partial charge < -0.3 is 15.2 Å². The van der Waals surface area contributed by atoms with E-state index in [0.717, 1.165) is 12.1 Å². The van der Waals surface area contributed by atoms with Gasteiger partial charge in [-0.2, -0.15) is 0 Å². The second-order valence-electron chi connectivity index (χ2n) is 5.07. The van der Waals surface area contributed by atoms with Gasteiger partial charge in [0.05, 0.1) is 6.10 Å². The van der Waals surface area contributed by atoms with E-state index in [0.29, 0.717) is 6.42 Å². The Bertz CT molecular complexity index is 475. The van der Waals surface area contributed by atoms with Crippen molar-refractivity contribution < 1.29 is 27.8 Å². The number of amides is 1. The summed E-state index contributed by atoms with van der Waals surface area (Å²) in [7, 11) is 0. The number of alkyl halides is 3. The van der Waals surface area contributed by atoms with Gasteiger partial charge in [-0.25, -0.2) is 0 Å². The average Bonchev–Trinajstić information content (AvgIpc) is 2.33. The van der Waals surface area contributed by atoms with Crippen molar-refractivity contribution in [3.63, 3.8) is 0 Å². The van der Waals surface area contributed by atoms with Gasteiger partial charge in [0.2, 0.25) is 0 Å². The zero-order chi connectivity index (χ0) is 16.0. The molecule has 1 aromatic carbocycles. The van der Waals surface area contributed by atoms with Crippen molar-refractivity contribution in [2.75, 3.05) is 6.54 Å². The molecule has 118 valence electrons. The van der Waals surface area contributed by atoms with E-state index in [4.69, 9.17) is 0 Å². The fourth-order valence-electron chi connectivity index (χ4n) is 1.77. The van der Waals surface area contributed by atoms with Crippen LogP contribution in [0.2, 0.25) is 0 Å². The van der Waals surface area contributed by atoms with Gasteiger partial charge in [-0.15, -0.1) is 13.2 Å². The summed E-state index contributed by atoms with van der Waals surface area (Å²) in [4.78, 5) is 11.8. The van der Waals surface area contributed by atoms with E-state index in [-0.39, 0.29) is 18.0 Å². The number of ether oxygens (including phenoxy) is 1. The molecular formula is C14H18F3NO3. The molecule has 0 bridgehead atoms. The van der Waals surface area contributed by atoms with Crippen LogP contribution in [0, 0.1) is 5.92 Å². The summed E-state index contributed by atoms with van der Waals surface area (Å²) in [5, 5.41) is 12.1. The Morgan fingerprint density at radius 3 is 2.62 bits per heavy atom. The lowest BCUT2D eigenvalue weighted by molar-refractivity contribution is -0.274. The van der Waals surface area contributed by atoms with Crippen molar-refractivity contribution in [1.82, 2.24) is 5.32 Å². The molecule has 1 atom stereocenters. The molecule has 0 heterocycles. The lowest BCUT2D eigenvalue weighted by Gasteiger charge is -2.14. The number of rotatable bonds is 6. The van der Waals surface area contributed by atoms with Gasteiger partial charge in [-0.05, 0) is 30.5 Å². The number of hydrogen-bond donors (Lipinski definition) is 2. The van der Waals surface area contributed by atoms with Crippen molar-refractivity contribution in [3.8, 4) is 5.75 Å². The second kappa shape index (κ2) is 7.31. The molecule has 21 heavy (non-hydrogen) atoms. The van der Waals surface area contributed by atoms with Crippen LogP contribution in [0.3, 0.4) is 0 Å². The largest absolute Gasteiger partial charge is 0.573 e. The molecule has 0 radical (unpaired) electrons. The number of carbonyl (C=O) groups is 1. The normalized spacial score (nSPS) is 13.1. The first-order valence-corrected chi connectivity index (χ1v) is 6.49. The van der Waals surface area contributed by atoms with Crippen LogP contribution >= 0.6 is 0 Å². The van der Waals surface area contributed by atoms with Crippen LogP contribution in [0.5, 0.6) is 5.75 Å². The molecule has 0 aliphatic heterocycles. The van der Waals surface area contributed by atoms with Gasteiger partial charge in [0, 0.05) is 12.1 Å². The minimum atomic E-state index is -4.80. The smallest absolute Gasteiger partial charge is 0.406 e. The van der Waals surface area contributed by atoms with Crippen LogP contribution in [-0.4, -0.2) is 30.0 Å². The maximum atomic E-state index is 12.1. The van der Waals surface area contributed by atoms with Crippen LogP contribution in [0.1, 0.15) is 30.6 Å². The Balaban J connectivity index is 2.60. The topological polar surface area (TPSA) is 58.6 Å². The van der Waals surface area contributed by atoms with Crippen LogP contribution in [-0.2, 0) is 0 Å². The van der Waals surface area contributed by atoms with E-state index in [1.54, 1.807) is 0 Å². The van der Waals surface area contributed by atoms with E-state index >= 15 is 0 Å². The highest BCUT2D eigenvalue weighted by Crippen LogP contribution is 2.23. The van der Waals surface area contributed by atoms with Gasteiger partial charge in [0.1, 0.15) is 5.75 Å². The first-order valence-electron chi connectivity index (χ1n) is 6.49. The second-order valence-corrected chi connectivity index (χ2v) is 5.07. The molecule has 4 nitrogen and oxygen atoms in total. The van der Waals surface area contributed by atoms with Crippen LogP contribution in [0.25, 0.3) is 0 Å². The summed E-state index contributed by atoms with van der Waals surface area (Å²) in [5.74, 6) is -0.747. The monoisotopic (exact) mass is 305 g/mol. The molecule has 1 amide bonds.